The van der Waals surface area contributed by atoms with Crippen LogP contribution in [0.3, 0.4) is 0 Å². The van der Waals surface area contributed by atoms with Crippen LogP contribution in [-0.4, -0.2) is 28.6 Å². The Bertz CT molecular complexity index is 1280. The largest absolute Gasteiger partial charge is 0.481 e. The van der Waals surface area contributed by atoms with Crippen molar-refractivity contribution in [1.29, 1.82) is 0 Å². The smallest absolute Gasteiger partial charge is 0.309 e. The van der Waals surface area contributed by atoms with Gasteiger partial charge in [0.1, 0.15) is 0 Å². The van der Waals surface area contributed by atoms with Gasteiger partial charge in [-0.1, -0.05) is 61.9 Å². The second kappa shape index (κ2) is 16.5. The van der Waals surface area contributed by atoms with Crippen molar-refractivity contribution in [2.45, 2.75) is 78.7 Å². The molecule has 41 heavy (non-hydrogen) atoms. The molecule has 0 saturated carbocycles. The van der Waals surface area contributed by atoms with Crippen molar-refractivity contribution in [3.63, 3.8) is 0 Å². The van der Waals surface area contributed by atoms with Crippen LogP contribution < -0.4 is 5.32 Å². The summed E-state index contributed by atoms with van der Waals surface area (Å²) in [4.78, 5) is 28.3. The fraction of sp³-hybridized carbons (Fsp3) is 0.400. The zero-order valence-electron chi connectivity index (χ0n) is 24.7. The van der Waals surface area contributed by atoms with E-state index in [1.807, 2.05) is 54.6 Å². The first kappa shape index (κ1) is 31.8. The Morgan fingerprint density at radius 1 is 0.927 bits per heavy atom. The first-order chi connectivity index (χ1) is 19.7. The monoisotopic (exact) mass is 556 g/mol. The molecule has 0 atom stereocenters. The molecule has 2 N–H and O–H groups in total. The summed E-state index contributed by atoms with van der Waals surface area (Å²) in [5, 5.41) is 12.1. The number of carbonyl (C=O) groups is 2. The highest BCUT2D eigenvalue weighted by Gasteiger charge is 2.27. The quantitative estimate of drug-likeness (QED) is 0.165. The maximum absolute atomic E-state index is 12.3. The van der Waals surface area contributed by atoms with Crippen LogP contribution in [0.1, 0.15) is 87.4 Å². The highest BCUT2D eigenvalue weighted by molar-refractivity contribution is 5.91. The van der Waals surface area contributed by atoms with Crippen molar-refractivity contribution in [3.05, 3.63) is 94.8 Å². The number of nitrogens with one attached hydrogen (secondary N) is 1. The molecule has 1 amide bonds. The number of rotatable bonds is 17. The van der Waals surface area contributed by atoms with Gasteiger partial charge in [-0.3, -0.25) is 14.6 Å². The second-order valence-corrected chi connectivity index (χ2v) is 11.2. The SMILES string of the molecule is CCCCc1ccc(CCCCOCc2cccc(/C=C/c3cccc(NC(=O)CCC(C)(C)C(=O)O)c3)n2)cc1. The lowest BCUT2D eigenvalue weighted by Gasteiger charge is -2.18. The standard InChI is InChI=1S/C35H44N2O4/c1-4-5-10-27-16-18-28(19-17-27)11-6-7-24-41-26-32-15-9-13-30(36-32)21-20-29-12-8-14-31(25-29)37-33(38)22-23-35(2,3)34(39)40/h8-9,12-21,25H,4-7,10-11,22-24,26H2,1-3H3,(H,37,38)(H,39,40)/b21-20+. The molecule has 218 valence electrons. The molecule has 2 aromatic carbocycles. The summed E-state index contributed by atoms with van der Waals surface area (Å²) in [6.45, 7) is 6.67. The fourth-order valence-electron chi connectivity index (χ4n) is 4.29. The Balaban J connectivity index is 1.40. The number of carboxylic acid groups (broad SMARTS) is 1. The van der Waals surface area contributed by atoms with E-state index in [9.17, 15) is 14.7 Å². The molecule has 0 fully saturated rings. The number of nitrogens with zero attached hydrogens (tertiary/aromatic N) is 1. The molecular weight excluding hydrogens is 512 g/mol. The molecule has 3 rings (SSSR count). The van der Waals surface area contributed by atoms with Crippen LogP contribution in [0.15, 0.2) is 66.7 Å². The number of amides is 1. The normalized spacial score (nSPS) is 11.6. The summed E-state index contributed by atoms with van der Waals surface area (Å²) in [7, 11) is 0. The second-order valence-electron chi connectivity index (χ2n) is 11.2. The van der Waals surface area contributed by atoms with Crippen LogP contribution in [0.5, 0.6) is 0 Å². The minimum atomic E-state index is -0.935. The molecule has 6 heteroatoms. The molecule has 1 heterocycles. The molecule has 0 aliphatic carbocycles. The maximum atomic E-state index is 12.3. The Hall–Kier alpha value is -3.77. The van der Waals surface area contributed by atoms with Crippen molar-refractivity contribution in [2.24, 2.45) is 5.41 Å². The highest BCUT2D eigenvalue weighted by Crippen LogP contribution is 2.23. The number of carboxylic acids is 1. The summed E-state index contributed by atoms with van der Waals surface area (Å²) in [6.07, 6.45) is 11.1. The molecule has 0 spiro atoms. The Morgan fingerprint density at radius 3 is 2.34 bits per heavy atom. The van der Waals surface area contributed by atoms with E-state index < -0.39 is 11.4 Å². The number of unbranched alkanes of at least 4 members (excludes halogenated alkanes) is 2. The molecule has 0 radical (unpaired) electrons. The number of anilines is 1. The van der Waals surface area contributed by atoms with Gasteiger partial charge in [-0.05, 0) is 99.4 Å². The van der Waals surface area contributed by atoms with E-state index >= 15 is 0 Å². The predicted molar refractivity (Wildman–Crippen MR) is 167 cm³/mol. The van der Waals surface area contributed by atoms with Gasteiger partial charge in [-0.25, -0.2) is 0 Å². The van der Waals surface area contributed by atoms with Crippen LogP contribution in [0.4, 0.5) is 5.69 Å². The summed E-state index contributed by atoms with van der Waals surface area (Å²) >= 11 is 0. The molecule has 1 aromatic heterocycles. The van der Waals surface area contributed by atoms with Gasteiger partial charge in [0.05, 0.1) is 23.4 Å². The molecule has 0 unspecified atom stereocenters. The average molecular weight is 557 g/mol. The fourth-order valence-corrected chi connectivity index (χ4v) is 4.29. The summed E-state index contributed by atoms with van der Waals surface area (Å²) in [5.41, 5.74) is 5.20. The van der Waals surface area contributed by atoms with Crippen molar-refractivity contribution in [1.82, 2.24) is 4.98 Å². The van der Waals surface area contributed by atoms with Crippen molar-refractivity contribution >= 4 is 29.7 Å². The molecule has 3 aromatic rings. The average Bonchev–Trinajstić information content (AvgIpc) is 2.97. The van der Waals surface area contributed by atoms with Crippen LogP contribution in [0.25, 0.3) is 12.2 Å². The van der Waals surface area contributed by atoms with Gasteiger partial charge < -0.3 is 15.2 Å². The number of ether oxygens (including phenoxy) is 1. The van der Waals surface area contributed by atoms with Gasteiger partial charge in [-0.2, -0.15) is 0 Å². The van der Waals surface area contributed by atoms with Crippen molar-refractivity contribution in [3.8, 4) is 0 Å². The summed E-state index contributed by atoms with van der Waals surface area (Å²) in [5.74, 6) is -1.11. The highest BCUT2D eigenvalue weighted by atomic mass is 16.5. The third kappa shape index (κ3) is 11.7. The molecule has 0 aliphatic heterocycles. The third-order valence-electron chi connectivity index (χ3n) is 7.10. The number of aromatic nitrogens is 1. The lowest BCUT2D eigenvalue weighted by molar-refractivity contribution is -0.147. The lowest BCUT2D eigenvalue weighted by atomic mass is 9.88. The van der Waals surface area contributed by atoms with Gasteiger partial charge in [0.2, 0.25) is 5.91 Å². The number of aryl methyl sites for hydroxylation is 2. The lowest BCUT2D eigenvalue weighted by Crippen LogP contribution is -2.25. The van der Waals surface area contributed by atoms with E-state index in [0.29, 0.717) is 18.9 Å². The van der Waals surface area contributed by atoms with Gasteiger partial charge in [0.25, 0.3) is 0 Å². The summed E-state index contributed by atoms with van der Waals surface area (Å²) in [6, 6.07) is 22.5. The van der Waals surface area contributed by atoms with E-state index in [1.54, 1.807) is 13.8 Å². The van der Waals surface area contributed by atoms with Crippen LogP contribution in [0, 0.1) is 5.41 Å². The van der Waals surface area contributed by atoms with E-state index in [4.69, 9.17) is 4.74 Å². The Morgan fingerprint density at radius 2 is 1.63 bits per heavy atom. The van der Waals surface area contributed by atoms with Crippen molar-refractivity contribution < 1.29 is 19.4 Å². The van der Waals surface area contributed by atoms with Gasteiger partial charge >= 0.3 is 5.97 Å². The minimum absolute atomic E-state index is 0.144. The molecule has 0 bridgehead atoms. The van der Waals surface area contributed by atoms with Crippen LogP contribution in [-0.2, 0) is 33.8 Å². The van der Waals surface area contributed by atoms with Crippen LogP contribution in [0.2, 0.25) is 0 Å². The molecule has 0 saturated heterocycles. The maximum Gasteiger partial charge on any atom is 0.309 e. The van der Waals surface area contributed by atoms with E-state index in [0.717, 1.165) is 36.2 Å². The van der Waals surface area contributed by atoms with E-state index in [-0.39, 0.29) is 18.7 Å². The number of carbonyl (C=O) groups excluding carboxylic acids is 1. The number of hydrogen-bond acceptors (Lipinski definition) is 4. The van der Waals surface area contributed by atoms with E-state index in [1.165, 1.54) is 30.4 Å². The van der Waals surface area contributed by atoms with Gasteiger partial charge in [0.15, 0.2) is 0 Å². The first-order valence-corrected chi connectivity index (χ1v) is 14.7. The zero-order valence-corrected chi connectivity index (χ0v) is 24.7. The molecule has 0 aliphatic rings. The van der Waals surface area contributed by atoms with Gasteiger partial charge in [0, 0.05) is 18.7 Å². The van der Waals surface area contributed by atoms with Crippen LogP contribution >= 0.6 is 0 Å². The first-order valence-electron chi connectivity index (χ1n) is 14.7. The predicted octanol–water partition coefficient (Wildman–Crippen LogP) is 7.96. The van der Waals surface area contributed by atoms with E-state index in [2.05, 4.69) is 41.5 Å². The Labute approximate surface area is 244 Å². The molecule has 6 nitrogen and oxygen atoms in total. The number of aliphatic carboxylic acids is 1. The van der Waals surface area contributed by atoms with Gasteiger partial charge in [-0.15, -0.1) is 0 Å². The molecular formula is C35H44N2O4. The Kier molecular flexibility index (Phi) is 12.8. The number of benzene rings is 2. The number of hydrogen-bond donors (Lipinski definition) is 2. The zero-order chi connectivity index (χ0) is 29.5. The minimum Gasteiger partial charge on any atom is -0.481 e. The number of pyridine rings is 1. The third-order valence-corrected chi connectivity index (χ3v) is 7.10. The summed E-state index contributed by atoms with van der Waals surface area (Å²) < 4.78 is 5.89. The van der Waals surface area contributed by atoms with Crippen molar-refractivity contribution in [2.75, 3.05) is 11.9 Å². The topological polar surface area (TPSA) is 88.5 Å².